The van der Waals surface area contributed by atoms with Crippen LogP contribution in [-0.2, 0) is 0 Å². The number of benzene rings is 1. The van der Waals surface area contributed by atoms with Crippen molar-refractivity contribution in [1.29, 1.82) is 0 Å². The third kappa shape index (κ3) is 4.58. The maximum Gasteiger partial charge on any atom is 0.134 e. The van der Waals surface area contributed by atoms with Gasteiger partial charge in [0, 0.05) is 7.05 Å². The molecule has 94 valence electrons. The van der Waals surface area contributed by atoms with Crippen LogP contribution in [0.15, 0.2) is 28.2 Å². The summed E-state index contributed by atoms with van der Waals surface area (Å²) in [5.41, 5.74) is 4.96. The Balaban J connectivity index is 3.21. The van der Waals surface area contributed by atoms with Gasteiger partial charge in [0.25, 0.3) is 0 Å². The summed E-state index contributed by atoms with van der Waals surface area (Å²) < 4.78 is 5.30. The predicted molar refractivity (Wildman–Crippen MR) is 78.7 cm³/mol. The van der Waals surface area contributed by atoms with Gasteiger partial charge in [-0.2, -0.15) is 4.99 Å². The lowest BCUT2D eigenvalue weighted by Gasteiger charge is -2.06. The predicted octanol–water partition coefficient (Wildman–Crippen LogP) is 3.36. The lowest BCUT2D eigenvalue weighted by Crippen LogP contribution is -2.16. The fourth-order valence-corrected chi connectivity index (χ4v) is 1.74. The molecular weight excluding hydrogens is 240 g/mol. The van der Waals surface area contributed by atoms with Gasteiger partial charge in [-0.3, -0.25) is 0 Å². The quantitative estimate of drug-likeness (QED) is 0.455. The summed E-state index contributed by atoms with van der Waals surface area (Å²) in [5, 5.41) is 0. The fourth-order valence-electron chi connectivity index (χ4n) is 1.23. The number of hydrogen-bond acceptors (Lipinski definition) is 3. The van der Waals surface area contributed by atoms with Gasteiger partial charge < -0.3 is 4.74 Å². The minimum atomic E-state index is -1.40. The van der Waals surface area contributed by atoms with Gasteiger partial charge in [0.05, 0.1) is 24.4 Å². The summed E-state index contributed by atoms with van der Waals surface area (Å²) in [7, 11) is 1.88. The molecule has 1 aromatic carbocycles. The largest absolute Gasteiger partial charge is 0.495 e. The Morgan fingerprint density at radius 2 is 1.94 bits per heavy atom. The van der Waals surface area contributed by atoms with Crippen LogP contribution in [0.3, 0.4) is 0 Å². The topological polar surface area (TPSA) is 34.0 Å². The van der Waals surface area contributed by atoms with E-state index in [1.807, 2.05) is 18.2 Å². The van der Waals surface area contributed by atoms with Crippen LogP contribution >= 0.6 is 0 Å². The second-order valence-electron chi connectivity index (χ2n) is 4.82. The maximum absolute atomic E-state index is 5.30. The molecule has 0 N–H and O–H groups in total. The van der Waals surface area contributed by atoms with Gasteiger partial charge in [-0.05, 0) is 18.2 Å². The molecule has 18 heavy (non-hydrogen) atoms. The highest BCUT2D eigenvalue weighted by Gasteiger charge is 2.08. The molecule has 0 aliphatic heterocycles. The lowest BCUT2D eigenvalue weighted by atomic mass is 10.2. The van der Waals surface area contributed by atoms with Gasteiger partial charge in [-0.1, -0.05) is 25.6 Å². The first kappa shape index (κ1) is 14.2. The summed E-state index contributed by atoms with van der Waals surface area (Å²) in [6, 6.07) is 8.19. The van der Waals surface area contributed by atoms with Gasteiger partial charge in [-0.15, -0.1) is 5.54 Å². The summed E-state index contributed by atoms with van der Waals surface area (Å²) >= 11 is 0. The van der Waals surface area contributed by atoms with E-state index in [4.69, 9.17) is 4.74 Å². The zero-order chi connectivity index (χ0) is 13.6. The Bertz CT molecular complexity index is 541. The van der Waals surface area contributed by atoms with E-state index in [0.717, 1.165) is 17.0 Å². The second-order valence-corrected chi connectivity index (χ2v) is 9.57. The molecule has 0 aliphatic carbocycles. The zero-order valence-electron chi connectivity index (χ0n) is 11.5. The van der Waals surface area contributed by atoms with Crippen LogP contribution < -0.4 is 4.74 Å². The van der Waals surface area contributed by atoms with E-state index < -0.39 is 8.07 Å². The van der Waals surface area contributed by atoms with Crippen molar-refractivity contribution in [3.63, 3.8) is 0 Å². The molecule has 1 rings (SSSR count). The molecule has 0 aromatic heterocycles. The summed E-state index contributed by atoms with van der Waals surface area (Å²) in [4.78, 5) is 7.79. The monoisotopic (exact) mass is 258 g/mol. The number of aliphatic imine (C=N–C) groups is 2. The van der Waals surface area contributed by atoms with Crippen molar-refractivity contribution in [2.45, 2.75) is 19.6 Å². The summed E-state index contributed by atoms with van der Waals surface area (Å²) in [5.74, 6) is 3.96. The van der Waals surface area contributed by atoms with Crippen LogP contribution in [0.4, 0.5) is 5.69 Å². The van der Waals surface area contributed by atoms with E-state index in [2.05, 4.69) is 47.1 Å². The van der Waals surface area contributed by atoms with Crippen LogP contribution in [0.1, 0.15) is 5.56 Å². The van der Waals surface area contributed by atoms with E-state index >= 15 is 0 Å². The maximum atomic E-state index is 5.30. The first-order chi connectivity index (χ1) is 8.46. The van der Waals surface area contributed by atoms with Gasteiger partial charge >= 0.3 is 0 Å². The van der Waals surface area contributed by atoms with Crippen molar-refractivity contribution in [3.8, 4) is 17.2 Å². The van der Waals surface area contributed by atoms with Crippen molar-refractivity contribution in [2.24, 2.45) is 9.98 Å². The second kappa shape index (κ2) is 6.20. The van der Waals surface area contributed by atoms with Crippen LogP contribution in [0, 0.1) is 11.5 Å². The molecule has 0 radical (unpaired) electrons. The average Bonchev–Trinajstić information content (AvgIpc) is 2.33. The van der Waals surface area contributed by atoms with Crippen molar-refractivity contribution >= 4 is 19.8 Å². The Labute approximate surface area is 110 Å². The van der Waals surface area contributed by atoms with Gasteiger partial charge in [0.15, 0.2) is 0 Å². The number of methoxy groups -OCH3 is 1. The summed E-state index contributed by atoms with van der Waals surface area (Å²) in [6.45, 7) is 6.62. The smallest absolute Gasteiger partial charge is 0.134 e. The van der Waals surface area contributed by atoms with Crippen LogP contribution in [0.5, 0.6) is 5.75 Å². The molecule has 0 amide bonds. The van der Waals surface area contributed by atoms with E-state index in [1.54, 1.807) is 14.2 Å². The van der Waals surface area contributed by atoms with Crippen molar-refractivity contribution in [3.05, 3.63) is 23.8 Å². The third-order valence-corrected chi connectivity index (χ3v) is 2.91. The minimum absolute atomic E-state index is 0.771. The molecule has 1 aromatic rings. The van der Waals surface area contributed by atoms with Crippen molar-refractivity contribution in [1.82, 2.24) is 0 Å². The zero-order valence-corrected chi connectivity index (χ0v) is 12.5. The first-order valence-corrected chi connectivity index (χ1v) is 9.22. The molecule has 0 atom stereocenters. The normalized spacial score (nSPS) is 9.83. The van der Waals surface area contributed by atoms with Crippen molar-refractivity contribution < 1.29 is 4.74 Å². The van der Waals surface area contributed by atoms with Crippen LogP contribution in [-0.4, -0.2) is 28.2 Å². The van der Waals surface area contributed by atoms with E-state index in [-0.39, 0.29) is 0 Å². The molecule has 0 heterocycles. The molecule has 4 heteroatoms. The number of nitrogens with zero attached hydrogens (tertiary/aromatic N) is 2. The van der Waals surface area contributed by atoms with E-state index in [1.165, 1.54) is 0 Å². The number of rotatable bonds is 2. The first-order valence-electron chi connectivity index (χ1n) is 5.72. The van der Waals surface area contributed by atoms with Gasteiger partial charge in [-0.25, -0.2) is 4.99 Å². The van der Waals surface area contributed by atoms with Crippen molar-refractivity contribution in [2.75, 3.05) is 14.2 Å². The third-order valence-electron chi connectivity index (χ3n) is 2.03. The highest BCUT2D eigenvalue weighted by atomic mass is 28.3. The molecule has 0 spiro atoms. The molecule has 0 bridgehead atoms. The molecule has 0 unspecified atom stereocenters. The molecule has 0 fully saturated rings. The lowest BCUT2D eigenvalue weighted by molar-refractivity contribution is 0.413. The fraction of sp³-hybridized carbons (Fsp3) is 0.357. The Morgan fingerprint density at radius 3 is 2.50 bits per heavy atom. The Morgan fingerprint density at radius 1 is 1.22 bits per heavy atom. The molecule has 3 nitrogen and oxygen atoms in total. The van der Waals surface area contributed by atoms with Crippen LogP contribution in [0.25, 0.3) is 0 Å². The molecule has 0 saturated carbocycles. The van der Waals surface area contributed by atoms with Gasteiger partial charge in [0.1, 0.15) is 13.8 Å². The highest BCUT2D eigenvalue weighted by molar-refractivity contribution is 6.83. The SMILES string of the molecule is CN=C=Nc1ccc(OC)c(C#C[Si](C)(C)C)c1. The highest BCUT2D eigenvalue weighted by Crippen LogP contribution is 2.23. The minimum Gasteiger partial charge on any atom is -0.495 e. The Hall–Kier alpha value is -1.82. The standard InChI is InChI=1S/C14H18N2OSi/c1-15-11-16-13-6-7-14(17-2)12(10-13)8-9-18(3,4)5/h6-7,10H,1-5H3. The van der Waals surface area contributed by atoms with Gasteiger partial charge in [0.2, 0.25) is 0 Å². The molecule has 0 aliphatic rings. The number of ether oxygens (including phenoxy) is 1. The van der Waals surface area contributed by atoms with E-state index in [0.29, 0.717) is 0 Å². The Kier molecular flexibility index (Phi) is 4.91. The summed E-state index contributed by atoms with van der Waals surface area (Å²) in [6.07, 6.45) is 0. The number of hydrogen-bond donors (Lipinski definition) is 0. The average molecular weight is 258 g/mol. The van der Waals surface area contributed by atoms with Crippen LogP contribution in [0.2, 0.25) is 19.6 Å². The molecule has 0 saturated heterocycles. The van der Waals surface area contributed by atoms with E-state index in [9.17, 15) is 0 Å². The molecular formula is C14H18N2OSi.